The van der Waals surface area contributed by atoms with Crippen molar-refractivity contribution in [2.75, 3.05) is 34.0 Å². The van der Waals surface area contributed by atoms with Gasteiger partial charge in [0.2, 0.25) is 0 Å². The predicted octanol–water partition coefficient (Wildman–Crippen LogP) is 1.97. The summed E-state index contributed by atoms with van der Waals surface area (Å²) < 4.78 is 45.9. The SMILES string of the molecule is CNC(CCOCCOC)CCC(F)(F)F. The number of hydrogen-bond acceptors (Lipinski definition) is 3. The molecular weight excluding hydrogens is 223 g/mol. The number of ether oxygens (including phenoxy) is 2. The predicted molar refractivity (Wildman–Crippen MR) is 55.4 cm³/mol. The lowest BCUT2D eigenvalue weighted by molar-refractivity contribution is -0.136. The van der Waals surface area contributed by atoms with Crippen LogP contribution in [0.1, 0.15) is 19.3 Å². The molecule has 0 bridgehead atoms. The third kappa shape index (κ3) is 10.2. The standard InChI is InChI=1S/C10H20F3NO2/c1-14-9(3-5-10(11,12)13)4-6-16-8-7-15-2/h9,14H,3-8H2,1-2H3. The zero-order valence-corrected chi connectivity index (χ0v) is 9.77. The van der Waals surface area contributed by atoms with Gasteiger partial charge in [0.15, 0.2) is 0 Å². The zero-order valence-electron chi connectivity index (χ0n) is 9.77. The van der Waals surface area contributed by atoms with Gasteiger partial charge in [-0.1, -0.05) is 0 Å². The number of hydrogen-bond donors (Lipinski definition) is 1. The van der Waals surface area contributed by atoms with Crippen LogP contribution in [0.4, 0.5) is 13.2 Å². The zero-order chi connectivity index (χ0) is 12.4. The first-order valence-electron chi connectivity index (χ1n) is 5.30. The highest BCUT2D eigenvalue weighted by Gasteiger charge is 2.27. The van der Waals surface area contributed by atoms with E-state index in [1.807, 2.05) is 0 Å². The van der Waals surface area contributed by atoms with E-state index in [2.05, 4.69) is 5.32 Å². The van der Waals surface area contributed by atoms with Crippen LogP contribution in [0.5, 0.6) is 0 Å². The third-order valence-corrected chi connectivity index (χ3v) is 2.23. The molecule has 16 heavy (non-hydrogen) atoms. The second kappa shape index (κ2) is 8.78. The second-order valence-electron chi connectivity index (χ2n) is 3.53. The molecule has 0 aliphatic carbocycles. The molecule has 6 heteroatoms. The molecule has 0 saturated heterocycles. The van der Waals surface area contributed by atoms with Crippen LogP contribution in [0.25, 0.3) is 0 Å². The Morgan fingerprint density at radius 1 is 1.12 bits per heavy atom. The minimum absolute atomic E-state index is 0.0909. The fourth-order valence-electron chi connectivity index (χ4n) is 1.24. The topological polar surface area (TPSA) is 30.5 Å². The van der Waals surface area contributed by atoms with Crippen LogP contribution in [0.15, 0.2) is 0 Å². The first-order valence-corrected chi connectivity index (χ1v) is 5.30. The van der Waals surface area contributed by atoms with Gasteiger partial charge in [-0.2, -0.15) is 13.2 Å². The minimum Gasteiger partial charge on any atom is -0.382 e. The molecular formula is C10H20F3NO2. The molecule has 1 N–H and O–H groups in total. The average Bonchev–Trinajstić information content (AvgIpc) is 2.21. The highest BCUT2D eigenvalue weighted by molar-refractivity contribution is 4.66. The summed E-state index contributed by atoms with van der Waals surface area (Å²) in [6.45, 7) is 1.44. The Hall–Kier alpha value is -0.330. The van der Waals surface area contributed by atoms with Gasteiger partial charge in [0.05, 0.1) is 13.2 Å². The van der Waals surface area contributed by atoms with Crippen LogP contribution >= 0.6 is 0 Å². The van der Waals surface area contributed by atoms with Gasteiger partial charge in [-0.15, -0.1) is 0 Å². The molecule has 0 amide bonds. The van der Waals surface area contributed by atoms with Crippen LogP contribution in [-0.4, -0.2) is 46.2 Å². The first-order chi connectivity index (χ1) is 7.49. The molecule has 0 spiro atoms. The summed E-state index contributed by atoms with van der Waals surface area (Å²) >= 11 is 0. The van der Waals surface area contributed by atoms with Crippen LogP contribution < -0.4 is 5.32 Å². The van der Waals surface area contributed by atoms with Gasteiger partial charge < -0.3 is 14.8 Å². The fourth-order valence-corrected chi connectivity index (χ4v) is 1.24. The number of rotatable bonds is 9. The number of alkyl halides is 3. The van der Waals surface area contributed by atoms with E-state index in [-0.39, 0.29) is 12.5 Å². The van der Waals surface area contributed by atoms with Crippen molar-refractivity contribution in [1.82, 2.24) is 5.32 Å². The highest BCUT2D eigenvalue weighted by atomic mass is 19.4. The smallest absolute Gasteiger partial charge is 0.382 e. The summed E-state index contributed by atoms with van der Waals surface area (Å²) in [6.07, 6.45) is -4.16. The molecule has 98 valence electrons. The lowest BCUT2D eigenvalue weighted by Gasteiger charge is -2.17. The van der Waals surface area contributed by atoms with Crippen LogP contribution in [0, 0.1) is 0 Å². The van der Waals surface area contributed by atoms with Gasteiger partial charge in [0.1, 0.15) is 0 Å². The first kappa shape index (κ1) is 15.7. The third-order valence-electron chi connectivity index (χ3n) is 2.23. The maximum absolute atomic E-state index is 12.0. The number of nitrogens with one attached hydrogen (secondary N) is 1. The van der Waals surface area contributed by atoms with E-state index in [0.717, 1.165) is 0 Å². The van der Waals surface area contributed by atoms with E-state index >= 15 is 0 Å². The summed E-state index contributed by atoms with van der Waals surface area (Å²) in [4.78, 5) is 0. The second-order valence-corrected chi connectivity index (χ2v) is 3.53. The molecule has 0 rings (SSSR count). The molecule has 0 aromatic heterocycles. The van der Waals surface area contributed by atoms with Crippen molar-refractivity contribution in [3.8, 4) is 0 Å². The van der Waals surface area contributed by atoms with E-state index in [9.17, 15) is 13.2 Å². The quantitative estimate of drug-likeness (QED) is 0.628. The summed E-state index contributed by atoms with van der Waals surface area (Å²) in [7, 11) is 3.24. The Bertz CT molecular complexity index is 165. The van der Waals surface area contributed by atoms with Gasteiger partial charge in [-0.05, 0) is 19.9 Å². The van der Waals surface area contributed by atoms with Gasteiger partial charge in [0.25, 0.3) is 0 Å². The van der Waals surface area contributed by atoms with Gasteiger partial charge in [-0.25, -0.2) is 0 Å². The molecule has 0 fully saturated rings. The Labute approximate surface area is 94.3 Å². The monoisotopic (exact) mass is 243 g/mol. The van der Waals surface area contributed by atoms with E-state index < -0.39 is 12.6 Å². The van der Waals surface area contributed by atoms with Crippen molar-refractivity contribution >= 4 is 0 Å². The average molecular weight is 243 g/mol. The fraction of sp³-hybridized carbons (Fsp3) is 1.00. The summed E-state index contributed by atoms with van der Waals surface area (Å²) in [5.74, 6) is 0. The molecule has 0 aromatic rings. The van der Waals surface area contributed by atoms with Crippen molar-refractivity contribution in [2.24, 2.45) is 0 Å². The van der Waals surface area contributed by atoms with E-state index in [1.54, 1.807) is 14.2 Å². The van der Waals surface area contributed by atoms with E-state index in [1.165, 1.54) is 0 Å². The van der Waals surface area contributed by atoms with E-state index in [0.29, 0.717) is 26.2 Å². The molecule has 0 saturated carbocycles. The molecule has 0 aliphatic heterocycles. The van der Waals surface area contributed by atoms with Crippen LogP contribution in [-0.2, 0) is 9.47 Å². The largest absolute Gasteiger partial charge is 0.389 e. The lowest BCUT2D eigenvalue weighted by atomic mass is 10.1. The number of halogens is 3. The summed E-state index contributed by atoms with van der Waals surface area (Å²) in [5.41, 5.74) is 0. The maximum atomic E-state index is 12.0. The van der Waals surface area contributed by atoms with Gasteiger partial charge in [-0.3, -0.25) is 0 Å². The molecule has 3 nitrogen and oxygen atoms in total. The van der Waals surface area contributed by atoms with Crippen molar-refractivity contribution < 1.29 is 22.6 Å². The molecule has 0 aromatic carbocycles. The highest BCUT2D eigenvalue weighted by Crippen LogP contribution is 2.22. The normalized spacial score (nSPS) is 14.1. The Kier molecular flexibility index (Phi) is 8.60. The molecule has 1 atom stereocenters. The minimum atomic E-state index is -4.08. The number of methoxy groups -OCH3 is 1. The molecule has 0 heterocycles. The lowest BCUT2D eigenvalue weighted by Crippen LogP contribution is -2.28. The molecule has 0 radical (unpaired) electrons. The van der Waals surface area contributed by atoms with Crippen molar-refractivity contribution in [3.63, 3.8) is 0 Å². The Morgan fingerprint density at radius 2 is 1.81 bits per heavy atom. The molecule has 0 aliphatic rings. The van der Waals surface area contributed by atoms with Gasteiger partial charge >= 0.3 is 6.18 Å². The van der Waals surface area contributed by atoms with Crippen molar-refractivity contribution in [2.45, 2.75) is 31.5 Å². The molecule has 1 unspecified atom stereocenters. The van der Waals surface area contributed by atoms with E-state index in [4.69, 9.17) is 9.47 Å². The summed E-state index contributed by atoms with van der Waals surface area (Å²) in [6, 6.07) is -0.149. The van der Waals surface area contributed by atoms with Crippen LogP contribution in [0.2, 0.25) is 0 Å². The Balaban J connectivity index is 3.52. The van der Waals surface area contributed by atoms with Crippen molar-refractivity contribution in [3.05, 3.63) is 0 Å². The van der Waals surface area contributed by atoms with Gasteiger partial charge in [0, 0.05) is 26.2 Å². The maximum Gasteiger partial charge on any atom is 0.389 e. The summed E-state index contributed by atoms with van der Waals surface area (Å²) in [5, 5.41) is 2.85. The Morgan fingerprint density at radius 3 is 2.31 bits per heavy atom. The van der Waals surface area contributed by atoms with Crippen molar-refractivity contribution in [1.29, 1.82) is 0 Å². The van der Waals surface area contributed by atoms with Crippen LogP contribution in [0.3, 0.4) is 0 Å².